The van der Waals surface area contributed by atoms with Crippen LogP contribution in [0, 0.1) is 34.0 Å². The molecular formula is C23H32O6. The van der Waals surface area contributed by atoms with Crippen molar-refractivity contribution < 1.29 is 29.2 Å². The van der Waals surface area contributed by atoms with Gasteiger partial charge in [0, 0.05) is 17.3 Å². The van der Waals surface area contributed by atoms with Gasteiger partial charge in [-0.1, -0.05) is 20.4 Å². The third kappa shape index (κ3) is 1.69. The molecule has 3 unspecified atom stereocenters. The second-order valence-electron chi connectivity index (χ2n) is 11.5. The molecule has 4 bridgehead atoms. The van der Waals surface area contributed by atoms with Crippen molar-refractivity contribution in [3.63, 3.8) is 0 Å². The van der Waals surface area contributed by atoms with Crippen molar-refractivity contribution in [2.45, 2.75) is 83.3 Å². The highest BCUT2D eigenvalue weighted by molar-refractivity contribution is 6.05. The van der Waals surface area contributed by atoms with E-state index >= 15 is 0 Å². The SMILES string of the molecule is C=C1C(=O)[C@@]23C4CC[C@@H]1[C@H]2OC(C)(C)OC31OC[C@@]42C([C@@H]1O)C(C)(C)CC[C@@H]2O. The summed E-state index contributed by atoms with van der Waals surface area (Å²) in [7, 11) is 0. The van der Waals surface area contributed by atoms with E-state index in [0.717, 1.165) is 19.3 Å². The molecule has 9 atom stereocenters. The van der Waals surface area contributed by atoms with E-state index in [2.05, 4.69) is 20.4 Å². The maximum atomic E-state index is 13.9. The van der Waals surface area contributed by atoms with Crippen molar-refractivity contribution in [2.75, 3.05) is 6.61 Å². The van der Waals surface area contributed by atoms with Crippen LogP contribution in [0.1, 0.15) is 53.4 Å². The van der Waals surface area contributed by atoms with Gasteiger partial charge < -0.3 is 24.4 Å². The average molecular weight is 405 g/mol. The molecular weight excluding hydrogens is 372 g/mol. The van der Waals surface area contributed by atoms with Crippen LogP contribution in [0.25, 0.3) is 0 Å². The van der Waals surface area contributed by atoms with Crippen LogP contribution in [-0.2, 0) is 19.0 Å². The standard InChI is InChI=1S/C23H32O6/c1-11-12-6-7-13-21-10-27-23(17(26)15(21)19(2,3)9-8-14(21)24)22(13,16(11)25)18(12)28-20(4,5)29-23/h12-15,17-18,24,26H,1,6-10H2,2-5H3/t12-,13?,14-,15?,17-,18+,21+,22-,23?/m0/s1. The van der Waals surface area contributed by atoms with E-state index in [1.54, 1.807) is 0 Å². The lowest BCUT2D eigenvalue weighted by molar-refractivity contribution is -0.534. The number of ketones is 1. The average Bonchev–Trinajstić information content (AvgIpc) is 2.75. The molecule has 6 heteroatoms. The summed E-state index contributed by atoms with van der Waals surface area (Å²) >= 11 is 0. The Hall–Kier alpha value is -0.790. The Morgan fingerprint density at radius 3 is 2.55 bits per heavy atom. The summed E-state index contributed by atoms with van der Waals surface area (Å²) in [6.07, 6.45) is 0.996. The Morgan fingerprint density at radius 2 is 1.83 bits per heavy atom. The van der Waals surface area contributed by atoms with Gasteiger partial charge in [0.05, 0.1) is 18.8 Å². The maximum Gasteiger partial charge on any atom is 0.213 e. The number of fused-ring (bicyclic) bond motifs is 1. The van der Waals surface area contributed by atoms with Crippen LogP contribution in [0.3, 0.4) is 0 Å². The summed E-state index contributed by atoms with van der Waals surface area (Å²) in [5.74, 6) is -2.99. The molecule has 3 saturated heterocycles. The van der Waals surface area contributed by atoms with Crippen LogP contribution in [-0.4, -0.2) is 52.5 Å². The fourth-order valence-corrected chi connectivity index (χ4v) is 8.88. The largest absolute Gasteiger partial charge is 0.392 e. The zero-order valence-corrected chi connectivity index (χ0v) is 17.7. The highest BCUT2D eigenvalue weighted by atomic mass is 16.8. The zero-order valence-electron chi connectivity index (χ0n) is 17.7. The lowest BCUT2D eigenvalue weighted by Crippen LogP contribution is -2.88. The van der Waals surface area contributed by atoms with Crippen molar-refractivity contribution in [1.82, 2.24) is 0 Å². The van der Waals surface area contributed by atoms with E-state index in [1.165, 1.54) is 0 Å². The quantitative estimate of drug-likeness (QED) is 0.602. The van der Waals surface area contributed by atoms with Crippen molar-refractivity contribution in [3.8, 4) is 0 Å². The lowest BCUT2D eigenvalue weighted by Gasteiger charge is -2.77. The number of aliphatic hydroxyl groups is 2. The van der Waals surface area contributed by atoms with E-state index in [0.29, 0.717) is 18.6 Å². The molecule has 29 heavy (non-hydrogen) atoms. The Bertz CT molecular complexity index is 833. The first kappa shape index (κ1) is 18.9. The van der Waals surface area contributed by atoms with Crippen LogP contribution in [0.2, 0.25) is 0 Å². The van der Waals surface area contributed by atoms with Crippen LogP contribution in [0.5, 0.6) is 0 Å². The molecule has 0 aromatic heterocycles. The van der Waals surface area contributed by atoms with Gasteiger partial charge in [-0.15, -0.1) is 0 Å². The summed E-state index contributed by atoms with van der Waals surface area (Å²) in [6.45, 7) is 12.4. The fraction of sp³-hybridized carbons (Fsp3) is 0.870. The van der Waals surface area contributed by atoms with E-state index in [-0.39, 0.29) is 29.0 Å². The Labute approximate surface area is 171 Å². The van der Waals surface area contributed by atoms with Gasteiger partial charge in [-0.05, 0) is 56.4 Å². The minimum absolute atomic E-state index is 0.0855. The Kier molecular flexibility index (Phi) is 3.26. The molecule has 0 radical (unpaired) electrons. The van der Waals surface area contributed by atoms with Crippen molar-refractivity contribution in [2.24, 2.45) is 34.0 Å². The van der Waals surface area contributed by atoms with Gasteiger partial charge in [0.2, 0.25) is 5.79 Å². The van der Waals surface area contributed by atoms with Crippen LogP contribution >= 0.6 is 0 Å². The van der Waals surface area contributed by atoms with Gasteiger partial charge in [-0.2, -0.15) is 0 Å². The van der Waals surface area contributed by atoms with E-state index < -0.39 is 40.7 Å². The number of hydrogen-bond donors (Lipinski definition) is 2. The number of rotatable bonds is 0. The molecule has 3 aliphatic heterocycles. The molecule has 6 nitrogen and oxygen atoms in total. The van der Waals surface area contributed by atoms with Crippen LogP contribution in [0.4, 0.5) is 0 Å². The predicted octanol–water partition coefficient (Wildman–Crippen LogP) is 2.17. The zero-order chi connectivity index (χ0) is 20.8. The van der Waals surface area contributed by atoms with Crippen molar-refractivity contribution >= 4 is 5.78 Å². The number of aliphatic hydroxyl groups excluding tert-OH is 2. The maximum absolute atomic E-state index is 13.9. The van der Waals surface area contributed by atoms with Crippen LogP contribution in [0.15, 0.2) is 12.2 Å². The first-order valence-corrected chi connectivity index (χ1v) is 11.1. The summed E-state index contributed by atoms with van der Waals surface area (Å²) in [5.41, 5.74) is -1.45. The van der Waals surface area contributed by atoms with Gasteiger partial charge in [0.25, 0.3) is 0 Å². The molecule has 3 spiro atoms. The second kappa shape index (κ2) is 4.99. The number of carbonyl (C=O) groups is 1. The molecule has 4 aliphatic carbocycles. The van der Waals surface area contributed by atoms with E-state index in [9.17, 15) is 15.0 Å². The highest BCUT2D eigenvalue weighted by Gasteiger charge is 2.89. The van der Waals surface area contributed by atoms with Gasteiger partial charge in [-0.25, -0.2) is 0 Å². The summed E-state index contributed by atoms with van der Waals surface area (Å²) in [5, 5.41) is 23.3. The molecule has 0 amide bonds. The normalized spacial score (nSPS) is 58.7. The molecule has 7 rings (SSSR count). The summed E-state index contributed by atoms with van der Waals surface area (Å²) in [6, 6.07) is 0. The molecule has 160 valence electrons. The fourth-order valence-electron chi connectivity index (χ4n) is 8.88. The van der Waals surface area contributed by atoms with Gasteiger partial charge >= 0.3 is 0 Å². The van der Waals surface area contributed by atoms with Crippen LogP contribution < -0.4 is 0 Å². The minimum Gasteiger partial charge on any atom is -0.392 e. The second-order valence-corrected chi connectivity index (χ2v) is 11.5. The molecule has 3 heterocycles. The number of hydrogen-bond acceptors (Lipinski definition) is 6. The molecule has 0 aromatic carbocycles. The minimum atomic E-state index is -1.46. The molecule has 4 saturated carbocycles. The molecule has 7 fully saturated rings. The van der Waals surface area contributed by atoms with Gasteiger partial charge in [-0.3, -0.25) is 4.79 Å². The van der Waals surface area contributed by atoms with Crippen molar-refractivity contribution in [1.29, 1.82) is 0 Å². The third-order valence-corrected chi connectivity index (χ3v) is 9.62. The van der Waals surface area contributed by atoms with Gasteiger partial charge in [0.15, 0.2) is 11.6 Å². The topological polar surface area (TPSA) is 85.2 Å². The Morgan fingerprint density at radius 1 is 1.10 bits per heavy atom. The molecule has 0 aromatic rings. The van der Waals surface area contributed by atoms with Crippen molar-refractivity contribution in [3.05, 3.63) is 12.2 Å². The van der Waals surface area contributed by atoms with E-state index in [4.69, 9.17) is 14.2 Å². The van der Waals surface area contributed by atoms with Gasteiger partial charge in [0.1, 0.15) is 11.5 Å². The summed E-state index contributed by atoms with van der Waals surface area (Å²) < 4.78 is 19.3. The predicted molar refractivity (Wildman–Crippen MR) is 102 cm³/mol. The molecule has 7 aliphatic rings. The first-order chi connectivity index (χ1) is 13.5. The number of Topliss-reactive ketones (excluding diaryl/α,β-unsaturated/α-hetero) is 1. The monoisotopic (exact) mass is 404 g/mol. The number of carbonyl (C=O) groups excluding carboxylic acids is 1. The van der Waals surface area contributed by atoms with E-state index in [1.807, 2.05) is 13.8 Å². The smallest absolute Gasteiger partial charge is 0.213 e. The lowest BCUT2D eigenvalue weighted by atomic mass is 9.35. The third-order valence-electron chi connectivity index (χ3n) is 9.62. The number of ether oxygens (including phenoxy) is 3. The first-order valence-electron chi connectivity index (χ1n) is 11.1. The molecule has 2 N–H and O–H groups in total. The highest BCUT2D eigenvalue weighted by Crippen LogP contribution is 2.79. The summed E-state index contributed by atoms with van der Waals surface area (Å²) in [4.78, 5) is 13.9. The Balaban J connectivity index is 1.68.